The third-order valence-corrected chi connectivity index (χ3v) is 1.68. The Morgan fingerprint density at radius 1 is 1.60 bits per heavy atom. The summed E-state index contributed by atoms with van der Waals surface area (Å²) in [7, 11) is 3.38. The largest absolute Gasteiger partial charge is 0.478 e. The van der Waals surface area contributed by atoms with Crippen molar-refractivity contribution < 1.29 is 4.74 Å². The molecule has 0 aliphatic heterocycles. The van der Waals surface area contributed by atoms with Crippen LogP contribution in [0.15, 0.2) is 6.20 Å². The number of nitrogens with two attached hydrogens (primary N) is 1. The lowest BCUT2D eigenvalue weighted by molar-refractivity contribution is 0.398. The number of methoxy groups -OCH3 is 1. The zero-order valence-electron chi connectivity index (χ0n) is 8.87. The molecule has 1 rings (SSSR count). The highest BCUT2D eigenvalue weighted by Gasteiger charge is 2.01. The number of nitrogen functional groups attached to an aromatic ring is 1. The Morgan fingerprint density at radius 2 is 2.40 bits per heavy atom. The first-order chi connectivity index (χ1) is 7.27. The zero-order valence-corrected chi connectivity index (χ0v) is 8.87. The van der Waals surface area contributed by atoms with Crippen LogP contribution >= 0.6 is 0 Å². The molecule has 0 aliphatic carbocycles. The molecular weight excluding hydrogens is 192 g/mol. The van der Waals surface area contributed by atoms with Crippen molar-refractivity contribution >= 4 is 5.82 Å². The molecule has 15 heavy (non-hydrogen) atoms. The Labute approximate surface area is 89.1 Å². The van der Waals surface area contributed by atoms with Crippen LogP contribution in [-0.4, -0.2) is 30.7 Å². The van der Waals surface area contributed by atoms with E-state index in [4.69, 9.17) is 10.5 Å². The summed E-state index contributed by atoms with van der Waals surface area (Å²) in [5.41, 5.74) is 6.09. The second-order valence-electron chi connectivity index (χ2n) is 2.81. The number of aromatic nitrogens is 2. The van der Waals surface area contributed by atoms with Crippen LogP contribution in [-0.2, 0) is 0 Å². The number of nitrogens with one attached hydrogen (secondary N) is 1. The average Bonchev–Trinajstić information content (AvgIpc) is 2.26. The molecule has 0 aliphatic rings. The van der Waals surface area contributed by atoms with Gasteiger partial charge in [-0.1, -0.05) is 5.92 Å². The number of hydrogen-bond donors (Lipinski definition) is 2. The minimum Gasteiger partial charge on any atom is -0.478 e. The van der Waals surface area contributed by atoms with E-state index in [1.807, 2.05) is 7.05 Å². The topological polar surface area (TPSA) is 73.1 Å². The third kappa shape index (κ3) is 3.44. The summed E-state index contributed by atoms with van der Waals surface area (Å²) < 4.78 is 4.93. The summed E-state index contributed by atoms with van der Waals surface area (Å²) in [6.45, 7) is 0.854. The molecule has 0 atom stereocenters. The monoisotopic (exact) mass is 206 g/mol. The van der Waals surface area contributed by atoms with Gasteiger partial charge >= 0.3 is 0 Å². The van der Waals surface area contributed by atoms with Crippen LogP contribution in [0.2, 0.25) is 0 Å². The Morgan fingerprint density at radius 3 is 3.07 bits per heavy atom. The van der Waals surface area contributed by atoms with Crippen molar-refractivity contribution in [2.45, 2.75) is 6.42 Å². The fraction of sp³-hybridized carbons (Fsp3) is 0.400. The number of rotatable bonds is 3. The summed E-state index contributed by atoms with van der Waals surface area (Å²) in [5, 5.41) is 3.00. The smallest absolute Gasteiger partial charge is 0.258 e. The van der Waals surface area contributed by atoms with E-state index in [1.165, 1.54) is 13.3 Å². The molecule has 0 fully saturated rings. The summed E-state index contributed by atoms with van der Waals surface area (Å²) in [4.78, 5) is 8.01. The third-order valence-electron chi connectivity index (χ3n) is 1.68. The molecule has 0 bridgehead atoms. The Hall–Kier alpha value is -1.80. The second kappa shape index (κ2) is 5.83. The normalized spacial score (nSPS) is 9.20. The number of ether oxygens (including phenoxy) is 1. The van der Waals surface area contributed by atoms with Gasteiger partial charge in [0, 0.05) is 13.0 Å². The van der Waals surface area contributed by atoms with E-state index in [0.717, 1.165) is 13.0 Å². The SMILES string of the molecule is CNCCC#Cc1cnc(N)c(OC)n1. The number of anilines is 1. The summed E-state index contributed by atoms with van der Waals surface area (Å²) >= 11 is 0. The van der Waals surface area contributed by atoms with Crippen LogP contribution in [0.25, 0.3) is 0 Å². The molecule has 5 heteroatoms. The molecule has 0 aromatic carbocycles. The van der Waals surface area contributed by atoms with E-state index < -0.39 is 0 Å². The lowest BCUT2D eigenvalue weighted by Gasteiger charge is -2.00. The molecule has 0 radical (unpaired) electrons. The molecule has 1 heterocycles. The molecule has 0 saturated carbocycles. The lowest BCUT2D eigenvalue weighted by atomic mass is 10.4. The van der Waals surface area contributed by atoms with Crippen molar-refractivity contribution in [3.63, 3.8) is 0 Å². The van der Waals surface area contributed by atoms with Crippen molar-refractivity contribution in [3.8, 4) is 17.7 Å². The van der Waals surface area contributed by atoms with Gasteiger partial charge in [0.05, 0.1) is 13.3 Å². The van der Waals surface area contributed by atoms with Gasteiger partial charge in [-0.05, 0) is 13.0 Å². The Balaban J connectivity index is 2.72. The van der Waals surface area contributed by atoms with E-state index in [9.17, 15) is 0 Å². The molecule has 5 nitrogen and oxygen atoms in total. The van der Waals surface area contributed by atoms with Crippen LogP contribution in [0.3, 0.4) is 0 Å². The summed E-state index contributed by atoms with van der Waals surface area (Å²) in [6, 6.07) is 0. The van der Waals surface area contributed by atoms with Gasteiger partial charge in [0.2, 0.25) is 0 Å². The van der Waals surface area contributed by atoms with Gasteiger partial charge in [-0.15, -0.1) is 0 Å². The second-order valence-corrected chi connectivity index (χ2v) is 2.81. The van der Waals surface area contributed by atoms with Gasteiger partial charge in [-0.2, -0.15) is 4.98 Å². The molecule has 0 saturated heterocycles. The standard InChI is InChI=1S/C10H14N4O/c1-12-6-4-3-5-8-7-13-9(11)10(14-8)15-2/h7,12H,4,6H2,1-2H3,(H2,11,13). The Kier molecular flexibility index (Phi) is 4.38. The van der Waals surface area contributed by atoms with E-state index >= 15 is 0 Å². The van der Waals surface area contributed by atoms with E-state index in [2.05, 4.69) is 27.1 Å². The van der Waals surface area contributed by atoms with Crippen molar-refractivity contribution in [2.75, 3.05) is 26.4 Å². The van der Waals surface area contributed by atoms with Gasteiger partial charge in [0.15, 0.2) is 5.82 Å². The molecule has 3 N–H and O–H groups in total. The molecular formula is C10H14N4O. The lowest BCUT2D eigenvalue weighted by Crippen LogP contribution is -2.06. The van der Waals surface area contributed by atoms with E-state index in [-0.39, 0.29) is 5.82 Å². The van der Waals surface area contributed by atoms with Crippen LogP contribution in [0.4, 0.5) is 5.82 Å². The maximum Gasteiger partial charge on any atom is 0.258 e. The van der Waals surface area contributed by atoms with Crippen molar-refractivity contribution in [2.24, 2.45) is 0 Å². The Bertz CT molecular complexity index is 381. The number of nitrogens with zero attached hydrogens (tertiary/aromatic N) is 2. The first kappa shape index (κ1) is 11.3. The highest BCUT2D eigenvalue weighted by molar-refractivity contribution is 5.42. The van der Waals surface area contributed by atoms with Crippen LogP contribution < -0.4 is 15.8 Å². The predicted molar refractivity (Wildman–Crippen MR) is 58.4 cm³/mol. The maximum atomic E-state index is 5.52. The van der Waals surface area contributed by atoms with E-state index in [1.54, 1.807) is 0 Å². The molecule has 1 aromatic heterocycles. The fourth-order valence-corrected chi connectivity index (χ4v) is 0.932. The van der Waals surface area contributed by atoms with Gasteiger partial charge in [0.25, 0.3) is 5.88 Å². The quantitative estimate of drug-likeness (QED) is 0.539. The highest BCUT2D eigenvalue weighted by Crippen LogP contribution is 2.13. The molecule has 0 amide bonds. The summed E-state index contributed by atoms with van der Waals surface area (Å²) in [6.07, 6.45) is 2.30. The molecule has 0 unspecified atom stereocenters. The van der Waals surface area contributed by atoms with Gasteiger partial charge in [-0.3, -0.25) is 0 Å². The van der Waals surface area contributed by atoms with Gasteiger partial charge < -0.3 is 15.8 Å². The fourth-order valence-electron chi connectivity index (χ4n) is 0.932. The van der Waals surface area contributed by atoms with Crippen molar-refractivity contribution in [1.82, 2.24) is 15.3 Å². The van der Waals surface area contributed by atoms with Crippen LogP contribution in [0.1, 0.15) is 12.1 Å². The van der Waals surface area contributed by atoms with Crippen LogP contribution in [0.5, 0.6) is 5.88 Å². The van der Waals surface area contributed by atoms with E-state index in [0.29, 0.717) is 11.6 Å². The van der Waals surface area contributed by atoms with Crippen LogP contribution in [0, 0.1) is 11.8 Å². The minimum absolute atomic E-state index is 0.276. The maximum absolute atomic E-state index is 5.52. The van der Waals surface area contributed by atoms with Gasteiger partial charge in [0.1, 0.15) is 5.69 Å². The molecule has 1 aromatic rings. The first-order valence-corrected chi connectivity index (χ1v) is 4.58. The number of hydrogen-bond acceptors (Lipinski definition) is 5. The molecule has 0 spiro atoms. The average molecular weight is 206 g/mol. The summed E-state index contributed by atoms with van der Waals surface area (Å²) in [5.74, 6) is 6.44. The van der Waals surface area contributed by atoms with Gasteiger partial charge in [-0.25, -0.2) is 4.98 Å². The predicted octanol–water partition coefficient (Wildman–Crippen LogP) is 0.0284. The van der Waals surface area contributed by atoms with Crippen molar-refractivity contribution in [1.29, 1.82) is 0 Å². The van der Waals surface area contributed by atoms with Crippen molar-refractivity contribution in [3.05, 3.63) is 11.9 Å². The first-order valence-electron chi connectivity index (χ1n) is 4.58. The highest BCUT2D eigenvalue weighted by atomic mass is 16.5. The minimum atomic E-state index is 0.276. The zero-order chi connectivity index (χ0) is 11.1. The molecule has 80 valence electrons.